The molecule has 0 saturated carbocycles. The standard InChI is InChI=1S/C19H17N3O5/c1-27-17-11-14(10-16(18(17)23)22(25)26)9-15(12-20)19(24)21-8-7-13-5-3-2-4-6-13/h2-6,9-11,23H,7-8H2,1H3,(H,21,24)/b15-9-. The van der Waals surface area contributed by atoms with Crippen LogP contribution in [0.3, 0.4) is 0 Å². The summed E-state index contributed by atoms with van der Waals surface area (Å²) >= 11 is 0. The van der Waals surface area contributed by atoms with E-state index in [2.05, 4.69) is 5.32 Å². The molecule has 0 aliphatic carbocycles. The predicted octanol–water partition coefficient (Wildman–Crippen LogP) is 2.57. The van der Waals surface area contributed by atoms with Crippen LogP contribution in [0.2, 0.25) is 0 Å². The number of hydrogen-bond acceptors (Lipinski definition) is 6. The number of nitrogens with zero attached hydrogens (tertiary/aromatic N) is 2. The lowest BCUT2D eigenvalue weighted by atomic mass is 10.1. The molecular formula is C19H17N3O5. The third kappa shape index (κ3) is 5.06. The van der Waals surface area contributed by atoms with E-state index in [1.54, 1.807) is 6.07 Å². The van der Waals surface area contributed by atoms with E-state index in [1.165, 1.54) is 19.3 Å². The number of benzene rings is 2. The van der Waals surface area contributed by atoms with Gasteiger partial charge in [0.2, 0.25) is 5.75 Å². The lowest BCUT2D eigenvalue weighted by molar-refractivity contribution is -0.386. The predicted molar refractivity (Wildman–Crippen MR) is 98.1 cm³/mol. The van der Waals surface area contributed by atoms with Crippen molar-refractivity contribution in [1.82, 2.24) is 5.32 Å². The molecule has 0 spiro atoms. The van der Waals surface area contributed by atoms with Crippen LogP contribution in [0.15, 0.2) is 48.0 Å². The zero-order valence-corrected chi connectivity index (χ0v) is 14.5. The molecule has 0 fully saturated rings. The summed E-state index contributed by atoms with van der Waals surface area (Å²) in [5.74, 6) is -1.34. The number of hydrogen-bond donors (Lipinski definition) is 2. The number of carbonyl (C=O) groups excluding carboxylic acids is 1. The minimum atomic E-state index is -0.777. The van der Waals surface area contributed by atoms with E-state index in [0.717, 1.165) is 11.6 Å². The molecule has 0 aliphatic rings. The molecule has 0 unspecified atom stereocenters. The maximum Gasteiger partial charge on any atom is 0.315 e. The van der Waals surface area contributed by atoms with Crippen LogP contribution in [-0.2, 0) is 11.2 Å². The van der Waals surface area contributed by atoms with Crippen molar-refractivity contribution in [3.8, 4) is 17.6 Å². The van der Waals surface area contributed by atoms with E-state index >= 15 is 0 Å². The van der Waals surface area contributed by atoms with Crippen LogP contribution in [0.4, 0.5) is 5.69 Å². The molecule has 0 aliphatic heterocycles. The molecule has 2 rings (SSSR count). The number of amides is 1. The SMILES string of the molecule is COc1cc(/C=C(/C#N)C(=O)NCCc2ccccc2)cc([N+](=O)[O-])c1O. The molecule has 138 valence electrons. The molecule has 8 nitrogen and oxygen atoms in total. The van der Waals surface area contributed by atoms with E-state index in [0.29, 0.717) is 13.0 Å². The van der Waals surface area contributed by atoms with Crippen molar-refractivity contribution in [2.24, 2.45) is 0 Å². The molecule has 2 N–H and O–H groups in total. The summed E-state index contributed by atoms with van der Waals surface area (Å²) in [6.07, 6.45) is 1.80. The summed E-state index contributed by atoms with van der Waals surface area (Å²) in [7, 11) is 1.24. The third-order valence-electron chi connectivity index (χ3n) is 3.71. The summed E-state index contributed by atoms with van der Waals surface area (Å²) in [6, 6.07) is 13.7. The second kappa shape index (κ2) is 9.01. The molecule has 0 heterocycles. The van der Waals surface area contributed by atoms with Gasteiger partial charge in [-0.15, -0.1) is 0 Å². The fourth-order valence-electron chi connectivity index (χ4n) is 2.37. The van der Waals surface area contributed by atoms with E-state index < -0.39 is 22.3 Å². The van der Waals surface area contributed by atoms with Gasteiger partial charge >= 0.3 is 5.69 Å². The van der Waals surface area contributed by atoms with Crippen LogP contribution in [0.5, 0.6) is 11.5 Å². The molecule has 0 atom stereocenters. The lowest BCUT2D eigenvalue weighted by Gasteiger charge is -2.07. The van der Waals surface area contributed by atoms with Crippen LogP contribution >= 0.6 is 0 Å². The lowest BCUT2D eigenvalue weighted by Crippen LogP contribution is -2.26. The monoisotopic (exact) mass is 367 g/mol. The van der Waals surface area contributed by atoms with E-state index in [4.69, 9.17) is 4.74 Å². The van der Waals surface area contributed by atoms with Gasteiger partial charge in [-0.25, -0.2) is 0 Å². The van der Waals surface area contributed by atoms with Crippen LogP contribution in [0.25, 0.3) is 6.08 Å². The van der Waals surface area contributed by atoms with Gasteiger partial charge < -0.3 is 15.2 Å². The second-order valence-electron chi connectivity index (χ2n) is 5.51. The van der Waals surface area contributed by atoms with Crippen molar-refractivity contribution in [1.29, 1.82) is 5.26 Å². The van der Waals surface area contributed by atoms with Crippen molar-refractivity contribution in [2.75, 3.05) is 13.7 Å². The Morgan fingerprint density at radius 1 is 1.37 bits per heavy atom. The van der Waals surface area contributed by atoms with Crippen LogP contribution < -0.4 is 10.1 Å². The van der Waals surface area contributed by atoms with Crippen molar-refractivity contribution < 1.29 is 19.6 Å². The topological polar surface area (TPSA) is 125 Å². The van der Waals surface area contributed by atoms with Crippen molar-refractivity contribution in [3.05, 3.63) is 69.3 Å². The number of phenols is 1. The average Bonchev–Trinajstić information content (AvgIpc) is 2.67. The average molecular weight is 367 g/mol. The summed E-state index contributed by atoms with van der Waals surface area (Å²) in [5, 5.41) is 32.7. The van der Waals surface area contributed by atoms with Gasteiger partial charge in [0.1, 0.15) is 11.6 Å². The number of nitro groups is 1. The van der Waals surface area contributed by atoms with Crippen molar-refractivity contribution >= 4 is 17.7 Å². The largest absolute Gasteiger partial charge is 0.500 e. The number of methoxy groups -OCH3 is 1. The zero-order chi connectivity index (χ0) is 19.8. The molecule has 2 aromatic rings. The van der Waals surface area contributed by atoms with Gasteiger partial charge in [-0.2, -0.15) is 5.26 Å². The Morgan fingerprint density at radius 3 is 2.67 bits per heavy atom. The number of ether oxygens (including phenoxy) is 1. The van der Waals surface area contributed by atoms with Gasteiger partial charge in [0.15, 0.2) is 5.75 Å². The molecule has 2 aromatic carbocycles. The van der Waals surface area contributed by atoms with Gasteiger partial charge in [0.05, 0.1) is 12.0 Å². The number of nitrogens with one attached hydrogen (secondary N) is 1. The van der Waals surface area contributed by atoms with E-state index in [1.807, 2.05) is 30.3 Å². The van der Waals surface area contributed by atoms with Crippen molar-refractivity contribution in [3.63, 3.8) is 0 Å². The van der Waals surface area contributed by atoms with Crippen LogP contribution in [0, 0.1) is 21.4 Å². The summed E-state index contributed by atoms with van der Waals surface area (Å²) in [4.78, 5) is 22.4. The highest BCUT2D eigenvalue weighted by atomic mass is 16.6. The highest BCUT2D eigenvalue weighted by Crippen LogP contribution is 2.37. The molecule has 0 saturated heterocycles. The fraction of sp³-hybridized carbons (Fsp3) is 0.158. The normalized spacial score (nSPS) is 10.7. The van der Waals surface area contributed by atoms with Gasteiger partial charge in [-0.05, 0) is 29.7 Å². The first-order valence-electron chi connectivity index (χ1n) is 7.95. The minimum absolute atomic E-state index is 0.128. The first kappa shape index (κ1) is 19.5. The summed E-state index contributed by atoms with van der Waals surface area (Å²) in [5.41, 5.74) is 0.428. The van der Waals surface area contributed by atoms with E-state index in [9.17, 15) is 25.3 Å². The van der Waals surface area contributed by atoms with Crippen molar-refractivity contribution in [2.45, 2.75) is 6.42 Å². The van der Waals surface area contributed by atoms with Crippen LogP contribution in [0.1, 0.15) is 11.1 Å². The van der Waals surface area contributed by atoms with Gasteiger partial charge in [0.25, 0.3) is 5.91 Å². The molecule has 27 heavy (non-hydrogen) atoms. The number of nitriles is 1. The van der Waals surface area contributed by atoms with Gasteiger partial charge in [-0.3, -0.25) is 14.9 Å². The zero-order valence-electron chi connectivity index (χ0n) is 14.5. The Morgan fingerprint density at radius 2 is 2.07 bits per heavy atom. The van der Waals surface area contributed by atoms with E-state index in [-0.39, 0.29) is 16.9 Å². The van der Waals surface area contributed by atoms with Crippen LogP contribution in [-0.4, -0.2) is 29.6 Å². The maximum absolute atomic E-state index is 12.2. The molecular weight excluding hydrogens is 350 g/mol. The summed E-state index contributed by atoms with van der Waals surface area (Å²) < 4.78 is 4.90. The maximum atomic E-state index is 12.2. The smallest absolute Gasteiger partial charge is 0.315 e. The molecule has 0 radical (unpaired) electrons. The number of phenolic OH excluding ortho intramolecular Hbond substituents is 1. The fourth-order valence-corrected chi connectivity index (χ4v) is 2.37. The minimum Gasteiger partial charge on any atom is -0.500 e. The Bertz CT molecular complexity index is 917. The van der Waals surface area contributed by atoms with Gasteiger partial charge in [-0.1, -0.05) is 30.3 Å². The number of carbonyl (C=O) groups is 1. The third-order valence-corrected chi connectivity index (χ3v) is 3.71. The van der Waals surface area contributed by atoms with Gasteiger partial charge in [0, 0.05) is 12.6 Å². The Kier molecular flexibility index (Phi) is 6.49. The molecule has 0 aromatic heterocycles. The Hall–Kier alpha value is -3.86. The summed E-state index contributed by atoms with van der Waals surface area (Å²) in [6.45, 7) is 0.334. The number of nitro benzene ring substituents is 1. The first-order valence-corrected chi connectivity index (χ1v) is 7.95. The number of aromatic hydroxyl groups is 1. The number of rotatable bonds is 7. The molecule has 0 bridgehead atoms. The highest BCUT2D eigenvalue weighted by molar-refractivity contribution is 6.01. The second-order valence-corrected chi connectivity index (χ2v) is 5.51. The highest BCUT2D eigenvalue weighted by Gasteiger charge is 2.20. The molecule has 1 amide bonds. The Labute approximate surface area is 155 Å². The Balaban J connectivity index is 2.17. The first-order chi connectivity index (χ1) is 13.0. The molecule has 8 heteroatoms. The quantitative estimate of drug-likeness (QED) is 0.335.